The van der Waals surface area contributed by atoms with Crippen molar-refractivity contribution in [3.63, 3.8) is 0 Å². The third kappa shape index (κ3) is 3.37. The highest BCUT2D eigenvalue weighted by Gasteiger charge is 2.29. The Bertz CT molecular complexity index is 771. The van der Waals surface area contributed by atoms with Crippen LogP contribution in [-0.4, -0.2) is 58.6 Å². The predicted molar refractivity (Wildman–Crippen MR) is 96.3 cm³/mol. The number of aromatic hydroxyl groups is 1. The van der Waals surface area contributed by atoms with Crippen LogP contribution in [-0.2, 0) is 15.9 Å². The van der Waals surface area contributed by atoms with E-state index in [2.05, 4.69) is 8.80 Å². The van der Waals surface area contributed by atoms with Gasteiger partial charge in [-0.25, -0.2) is 4.21 Å². The Morgan fingerprint density at radius 1 is 1.36 bits per heavy atom. The van der Waals surface area contributed by atoms with Crippen molar-refractivity contribution in [2.24, 2.45) is 8.80 Å². The van der Waals surface area contributed by atoms with Crippen LogP contribution in [0.4, 0.5) is 5.69 Å². The molecule has 2 aliphatic heterocycles. The summed E-state index contributed by atoms with van der Waals surface area (Å²) < 4.78 is 24.7. The van der Waals surface area contributed by atoms with Crippen LogP contribution >= 0.6 is 0 Å². The molecule has 0 radical (unpaired) electrons. The molecule has 1 saturated heterocycles. The fraction of sp³-hybridized carbons (Fsp3) is 0.438. The summed E-state index contributed by atoms with van der Waals surface area (Å²) in [5.74, 6) is 0.0688. The van der Waals surface area contributed by atoms with Crippen LogP contribution in [0.1, 0.15) is 30.1 Å². The van der Waals surface area contributed by atoms with Crippen LogP contribution in [0.15, 0.2) is 27.0 Å². The smallest absolute Gasteiger partial charge is 0.271 e. The number of amides is 1. The number of benzene rings is 1. The Kier molecular flexibility index (Phi) is 5.03. The van der Waals surface area contributed by atoms with Crippen LogP contribution in [0, 0.1) is 0 Å². The quantitative estimate of drug-likeness (QED) is 0.877. The molecule has 1 fully saturated rings. The van der Waals surface area contributed by atoms with Crippen molar-refractivity contribution < 1.29 is 18.8 Å². The molecule has 3 rings (SSSR count). The highest BCUT2D eigenvalue weighted by Crippen LogP contribution is 2.32. The molecule has 25 heavy (non-hydrogen) atoms. The zero-order chi connectivity index (χ0) is 18.0. The van der Waals surface area contributed by atoms with Crippen LogP contribution in [0.2, 0.25) is 0 Å². The predicted octanol–water partition coefficient (Wildman–Crippen LogP) is 1.49. The topological polar surface area (TPSA) is 94.8 Å². The number of ether oxygens (including phenoxy) is 1. The van der Waals surface area contributed by atoms with Gasteiger partial charge in [-0.15, -0.1) is 8.80 Å². The van der Waals surface area contributed by atoms with Gasteiger partial charge in [0.1, 0.15) is 0 Å². The second-order valence-electron chi connectivity index (χ2n) is 5.71. The SMILES string of the molecule is CCOC1=NS(=O)N=C1N(C)c1cccc(C(=O)N2CCCC2)c1O. The number of phenols is 1. The minimum atomic E-state index is -1.75. The summed E-state index contributed by atoms with van der Waals surface area (Å²) in [6.07, 6.45) is 1.95. The number of amidine groups is 1. The maximum atomic E-state index is 12.6. The zero-order valence-corrected chi connectivity index (χ0v) is 15.0. The van der Waals surface area contributed by atoms with Crippen molar-refractivity contribution >= 4 is 34.5 Å². The summed E-state index contributed by atoms with van der Waals surface area (Å²) >= 11 is -1.75. The number of likely N-dealkylation sites (N-methyl/N-ethyl adjacent to an activating group) is 1. The monoisotopic (exact) mass is 364 g/mol. The molecule has 0 saturated carbocycles. The first-order valence-electron chi connectivity index (χ1n) is 8.10. The highest BCUT2D eigenvalue weighted by molar-refractivity contribution is 7.83. The first-order valence-corrected chi connectivity index (χ1v) is 9.16. The molecule has 1 aromatic carbocycles. The standard InChI is InChI=1S/C16H20N4O4S/c1-3-24-15-14(17-25(23)18-15)19(2)12-8-6-7-11(13(12)21)16(22)20-9-4-5-10-20/h6-8,21H,3-5,9-10H2,1-2H3. The molecule has 0 aliphatic carbocycles. The number of para-hydroxylation sites is 1. The lowest BCUT2D eigenvalue weighted by atomic mass is 10.1. The largest absolute Gasteiger partial charge is 0.505 e. The number of carbonyl (C=O) groups is 1. The number of likely N-dealkylation sites (tertiary alicyclic amines) is 1. The fourth-order valence-corrected chi connectivity index (χ4v) is 3.52. The van der Waals surface area contributed by atoms with E-state index in [4.69, 9.17) is 4.74 Å². The number of phenolic OH excluding ortho intramolecular Hbond substituents is 1. The van der Waals surface area contributed by atoms with E-state index in [1.165, 1.54) is 4.90 Å². The summed E-state index contributed by atoms with van der Waals surface area (Å²) in [6.45, 7) is 3.53. The van der Waals surface area contributed by atoms with E-state index in [1.807, 2.05) is 0 Å². The number of carbonyl (C=O) groups excluding carboxylic acids is 1. The molecule has 8 nitrogen and oxygen atoms in total. The van der Waals surface area contributed by atoms with E-state index in [9.17, 15) is 14.1 Å². The van der Waals surface area contributed by atoms with Gasteiger partial charge in [0.15, 0.2) is 5.75 Å². The third-order valence-corrected chi connectivity index (χ3v) is 4.77. The van der Waals surface area contributed by atoms with E-state index in [1.54, 1.807) is 37.1 Å². The number of rotatable bonds is 3. The molecule has 0 aromatic heterocycles. The highest BCUT2D eigenvalue weighted by atomic mass is 32.2. The van der Waals surface area contributed by atoms with Gasteiger partial charge < -0.3 is 19.6 Å². The summed E-state index contributed by atoms with van der Waals surface area (Å²) in [7, 11) is 1.65. The molecule has 1 N–H and O–H groups in total. The van der Waals surface area contributed by atoms with Crippen molar-refractivity contribution in [1.29, 1.82) is 0 Å². The molecule has 2 aliphatic rings. The Balaban J connectivity index is 1.91. The van der Waals surface area contributed by atoms with E-state index in [0.717, 1.165) is 12.8 Å². The molecule has 134 valence electrons. The first kappa shape index (κ1) is 17.4. The Morgan fingerprint density at radius 3 is 2.76 bits per heavy atom. The van der Waals surface area contributed by atoms with Gasteiger partial charge in [-0.05, 0) is 31.9 Å². The van der Waals surface area contributed by atoms with Gasteiger partial charge in [-0.1, -0.05) is 6.07 Å². The molecule has 1 amide bonds. The Labute approximate surface area is 148 Å². The van der Waals surface area contributed by atoms with Gasteiger partial charge in [0, 0.05) is 20.1 Å². The number of hydrogen-bond acceptors (Lipinski definition) is 5. The average Bonchev–Trinajstić information content (AvgIpc) is 3.24. The average molecular weight is 364 g/mol. The van der Waals surface area contributed by atoms with E-state index >= 15 is 0 Å². The molecular formula is C16H20N4O4S. The van der Waals surface area contributed by atoms with Crippen molar-refractivity contribution in [2.75, 3.05) is 31.6 Å². The second kappa shape index (κ2) is 7.22. The second-order valence-corrected chi connectivity index (χ2v) is 6.53. The molecular weight excluding hydrogens is 344 g/mol. The molecule has 1 atom stereocenters. The Hall–Kier alpha value is -2.42. The maximum absolute atomic E-state index is 12.6. The number of hydrogen-bond donors (Lipinski definition) is 1. The third-order valence-electron chi connectivity index (χ3n) is 4.12. The molecule has 0 spiro atoms. The van der Waals surface area contributed by atoms with Gasteiger partial charge >= 0.3 is 0 Å². The molecule has 0 bridgehead atoms. The van der Waals surface area contributed by atoms with Gasteiger partial charge in [-0.3, -0.25) is 4.79 Å². The van der Waals surface area contributed by atoms with Gasteiger partial charge in [0.05, 0.1) is 17.9 Å². The summed E-state index contributed by atoms with van der Waals surface area (Å²) in [6, 6.07) is 4.95. The van der Waals surface area contributed by atoms with Crippen molar-refractivity contribution in [1.82, 2.24) is 4.90 Å². The summed E-state index contributed by atoms with van der Waals surface area (Å²) in [4.78, 5) is 15.9. The molecule has 2 heterocycles. The normalized spacial score (nSPS) is 19.6. The lowest BCUT2D eigenvalue weighted by molar-refractivity contribution is 0.0790. The zero-order valence-electron chi connectivity index (χ0n) is 14.1. The van der Waals surface area contributed by atoms with Gasteiger partial charge in [0.25, 0.3) is 23.0 Å². The fourth-order valence-electron chi connectivity index (χ4n) is 2.86. The first-order chi connectivity index (χ1) is 12.0. The van der Waals surface area contributed by atoms with Crippen molar-refractivity contribution in [3.05, 3.63) is 23.8 Å². The van der Waals surface area contributed by atoms with Crippen LogP contribution in [0.3, 0.4) is 0 Å². The maximum Gasteiger partial charge on any atom is 0.271 e. The van der Waals surface area contributed by atoms with Crippen LogP contribution in [0.5, 0.6) is 5.75 Å². The lowest BCUT2D eigenvalue weighted by Crippen LogP contribution is -2.34. The minimum absolute atomic E-state index is 0.141. The number of anilines is 1. The van der Waals surface area contributed by atoms with Crippen LogP contribution in [0.25, 0.3) is 0 Å². The van der Waals surface area contributed by atoms with Crippen LogP contribution < -0.4 is 4.90 Å². The van der Waals surface area contributed by atoms with Crippen molar-refractivity contribution in [2.45, 2.75) is 19.8 Å². The molecule has 1 unspecified atom stereocenters. The van der Waals surface area contributed by atoms with Crippen molar-refractivity contribution in [3.8, 4) is 5.75 Å². The molecule has 9 heteroatoms. The van der Waals surface area contributed by atoms with Gasteiger partial charge in [-0.2, -0.15) is 0 Å². The minimum Gasteiger partial charge on any atom is -0.505 e. The van der Waals surface area contributed by atoms with Gasteiger partial charge in [0.2, 0.25) is 5.84 Å². The Morgan fingerprint density at radius 2 is 2.08 bits per heavy atom. The summed E-state index contributed by atoms with van der Waals surface area (Å²) in [5.41, 5.74) is 0.607. The lowest BCUT2D eigenvalue weighted by Gasteiger charge is -2.22. The molecule has 1 aromatic rings. The summed E-state index contributed by atoms with van der Waals surface area (Å²) in [5, 5.41) is 10.6. The van der Waals surface area contributed by atoms with E-state index in [0.29, 0.717) is 25.4 Å². The van der Waals surface area contributed by atoms with E-state index < -0.39 is 11.2 Å². The van der Waals surface area contributed by atoms with E-state index in [-0.39, 0.29) is 29.0 Å². The number of nitrogens with zero attached hydrogens (tertiary/aromatic N) is 4.